The highest BCUT2D eigenvalue weighted by Gasteiger charge is 2.30. The second-order valence-electron chi connectivity index (χ2n) is 5.51. The van der Waals surface area contributed by atoms with Crippen LogP contribution in [0.15, 0.2) is 60.7 Å². The monoisotopic (exact) mass is 251 g/mol. The molecule has 0 N–H and O–H groups in total. The maximum Gasteiger partial charge on any atom is 0.0348 e. The number of likely N-dealkylation sites (N-methyl/N-ethyl adjacent to an activating group) is 1. The van der Waals surface area contributed by atoms with Crippen LogP contribution < -0.4 is 0 Å². The van der Waals surface area contributed by atoms with Gasteiger partial charge in [0.15, 0.2) is 0 Å². The molecule has 1 aliphatic heterocycles. The van der Waals surface area contributed by atoms with Crippen LogP contribution in [0.5, 0.6) is 0 Å². The molecule has 1 heterocycles. The van der Waals surface area contributed by atoms with Crippen LogP contribution in [-0.4, -0.2) is 18.0 Å². The van der Waals surface area contributed by atoms with Gasteiger partial charge in [-0.25, -0.2) is 0 Å². The van der Waals surface area contributed by atoms with E-state index >= 15 is 0 Å². The number of benzene rings is 2. The van der Waals surface area contributed by atoms with Gasteiger partial charge in [0.05, 0.1) is 0 Å². The largest absolute Gasteiger partial charge is 0.296 e. The lowest BCUT2D eigenvalue weighted by molar-refractivity contribution is 0.242. The first-order valence-electron chi connectivity index (χ1n) is 7.15. The van der Waals surface area contributed by atoms with Gasteiger partial charge < -0.3 is 0 Å². The molecule has 19 heavy (non-hydrogen) atoms. The Kier molecular flexibility index (Phi) is 3.65. The maximum absolute atomic E-state index is 2.56. The van der Waals surface area contributed by atoms with Crippen molar-refractivity contribution in [1.82, 2.24) is 4.90 Å². The van der Waals surface area contributed by atoms with E-state index in [2.05, 4.69) is 72.6 Å². The predicted octanol–water partition coefficient (Wildman–Crippen LogP) is 4.06. The minimum Gasteiger partial charge on any atom is -0.296 e. The molecule has 2 atom stereocenters. The SMILES string of the molecule is CN1[C@H](Cc2ccccc2)CC[C@H]1c1ccccc1. The maximum atomic E-state index is 2.56. The van der Waals surface area contributed by atoms with Gasteiger partial charge in [-0.05, 0) is 37.4 Å². The van der Waals surface area contributed by atoms with Crippen LogP contribution in [-0.2, 0) is 6.42 Å². The number of rotatable bonds is 3. The fourth-order valence-electron chi connectivity index (χ4n) is 3.22. The molecule has 0 bridgehead atoms. The summed E-state index contributed by atoms with van der Waals surface area (Å²) in [6.45, 7) is 0. The second-order valence-corrected chi connectivity index (χ2v) is 5.51. The van der Waals surface area contributed by atoms with Gasteiger partial charge in [0.2, 0.25) is 0 Å². The highest BCUT2D eigenvalue weighted by molar-refractivity contribution is 5.22. The zero-order valence-electron chi connectivity index (χ0n) is 11.5. The van der Waals surface area contributed by atoms with E-state index in [0.29, 0.717) is 12.1 Å². The van der Waals surface area contributed by atoms with E-state index in [-0.39, 0.29) is 0 Å². The summed E-state index contributed by atoms with van der Waals surface area (Å²) in [5, 5.41) is 0. The summed E-state index contributed by atoms with van der Waals surface area (Å²) in [5.74, 6) is 0. The Morgan fingerprint density at radius 3 is 2.21 bits per heavy atom. The summed E-state index contributed by atoms with van der Waals surface area (Å²) in [5.41, 5.74) is 2.91. The van der Waals surface area contributed by atoms with Crippen molar-refractivity contribution in [3.8, 4) is 0 Å². The molecular formula is C18H21N. The van der Waals surface area contributed by atoms with Gasteiger partial charge in [0.25, 0.3) is 0 Å². The van der Waals surface area contributed by atoms with E-state index in [4.69, 9.17) is 0 Å². The summed E-state index contributed by atoms with van der Waals surface area (Å²) in [6, 6.07) is 23.0. The van der Waals surface area contributed by atoms with Crippen molar-refractivity contribution >= 4 is 0 Å². The predicted molar refractivity (Wildman–Crippen MR) is 80.1 cm³/mol. The number of nitrogens with zero attached hydrogens (tertiary/aromatic N) is 1. The topological polar surface area (TPSA) is 3.24 Å². The molecule has 0 spiro atoms. The lowest BCUT2D eigenvalue weighted by atomic mass is 10.0. The fraction of sp³-hybridized carbons (Fsp3) is 0.333. The van der Waals surface area contributed by atoms with Gasteiger partial charge in [0, 0.05) is 12.1 Å². The van der Waals surface area contributed by atoms with Crippen LogP contribution >= 0.6 is 0 Å². The lowest BCUT2D eigenvalue weighted by Gasteiger charge is -2.26. The molecule has 2 aromatic carbocycles. The van der Waals surface area contributed by atoms with Crippen molar-refractivity contribution in [2.75, 3.05) is 7.05 Å². The van der Waals surface area contributed by atoms with Crippen molar-refractivity contribution in [2.45, 2.75) is 31.3 Å². The molecule has 0 aliphatic carbocycles. The molecule has 98 valence electrons. The smallest absolute Gasteiger partial charge is 0.0348 e. The van der Waals surface area contributed by atoms with Crippen molar-refractivity contribution in [3.63, 3.8) is 0 Å². The zero-order valence-corrected chi connectivity index (χ0v) is 11.5. The average molecular weight is 251 g/mol. The summed E-state index contributed by atoms with van der Waals surface area (Å²) in [7, 11) is 2.28. The summed E-state index contributed by atoms with van der Waals surface area (Å²) in [4.78, 5) is 2.56. The molecule has 1 nitrogen and oxygen atoms in total. The van der Waals surface area contributed by atoms with Gasteiger partial charge >= 0.3 is 0 Å². The Bertz CT molecular complexity index is 506. The normalized spacial score (nSPS) is 23.6. The van der Waals surface area contributed by atoms with Crippen LogP contribution in [0.4, 0.5) is 0 Å². The third kappa shape index (κ3) is 2.71. The third-order valence-electron chi connectivity index (χ3n) is 4.34. The van der Waals surface area contributed by atoms with Gasteiger partial charge in [-0.15, -0.1) is 0 Å². The molecule has 0 amide bonds. The van der Waals surface area contributed by atoms with Gasteiger partial charge in [-0.1, -0.05) is 60.7 Å². The van der Waals surface area contributed by atoms with Crippen LogP contribution in [0.2, 0.25) is 0 Å². The fourth-order valence-corrected chi connectivity index (χ4v) is 3.22. The quantitative estimate of drug-likeness (QED) is 0.795. The van der Waals surface area contributed by atoms with Crippen molar-refractivity contribution in [1.29, 1.82) is 0 Å². The van der Waals surface area contributed by atoms with Crippen LogP contribution in [0.25, 0.3) is 0 Å². The molecule has 1 heteroatoms. The van der Waals surface area contributed by atoms with Gasteiger partial charge in [-0.2, -0.15) is 0 Å². The molecule has 0 unspecified atom stereocenters. The molecule has 0 radical (unpaired) electrons. The minimum atomic E-state index is 0.593. The van der Waals surface area contributed by atoms with Crippen molar-refractivity contribution < 1.29 is 0 Å². The van der Waals surface area contributed by atoms with E-state index in [1.165, 1.54) is 30.4 Å². The Labute approximate surface area is 115 Å². The second kappa shape index (κ2) is 5.58. The highest BCUT2D eigenvalue weighted by Crippen LogP contribution is 2.35. The third-order valence-corrected chi connectivity index (χ3v) is 4.34. The molecule has 1 aliphatic rings. The van der Waals surface area contributed by atoms with E-state index in [1.54, 1.807) is 0 Å². The first-order valence-corrected chi connectivity index (χ1v) is 7.15. The Morgan fingerprint density at radius 2 is 1.53 bits per heavy atom. The van der Waals surface area contributed by atoms with Crippen LogP contribution in [0, 0.1) is 0 Å². The number of hydrogen-bond donors (Lipinski definition) is 0. The standard InChI is InChI=1S/C18H21N/c1-19-17(14-15-8-4-2-5-9-15)12-13-18(19)16-10-6-3-7-11-16/h2-11,17-18H,12-14H2,1H3/t17-,18-/m0/s1. The van der Waals surface area contributed by atoms with E-state index in [0.717, 1.165) is 0 Å². The molecule has 0 aromatic heterocycles. The average Bonchev–Trinajstić information content (AvgIpc) is 2.82. The van der Waals surface area contributed by atoms with E-state index in [1.807, 2.05) is 0 Å². The highest BCUT2D eigenvalue weighted by atomic mass is 15.2. The number of hydrogen-bond acceptors (Lipinski definition) is 1. The van der Waals surface area contributed by atoms with Crippen molar-refractivity contribution in [3.05, 3.63) is 71.8 Å². The van der Waals surface area contributed by atoms with Crippen LogP contribution in [0.3, 0.4) is 0 Å². The Balaban J connectivity index is 1.71. The lowest BCUT2D eigenvalue weighted by Crippen LogP contribution is -2.29. The summed E-state index contributed by atoms with van der Waals surface area (Å²) < 4.78 is 0. The summed E-state index contributed by atoms with van der Waals surface area (Å²) >= 11 is 0. The Morgan fingerprint density at radius 1 is 0.895 bits per heavy atom. The molecule has 2 aromatic rings. The van der Waals surface area contributed by atoms with Crippen LogP contribution in [0.1, 0.15) is 30.0 Å². The first kappa shape index (κ1) is 12.4. The van der Waals surface area contributed by atoms with Gasteiger partial charge in [0.1, 0.15) is 0 Å². The van der Waals surface area contributed by atoms with Crippen molar-refractivity contribution in [2.24, 2.45) is 0 Å². The number of likely N-dealkylation sites (tertiary alicyclic amines) is 1. The molecular weight excluding hydrogens is 230 g/mol. The molecule has 3 rings (SSSR count). The zero-order chi connectivity index (χ0) is 13.1. The first-order chi connectivity index (χ1) is 9.34. The molecule has 0 saturated carbocycles. The summed E-state index contributed by atoms with van der Waals surface area (Å²) in [6.07, 6.45) is 3.74. The van der Waals surface area contributed by atoms with E-state index < -0.39 is 0 Å². The Hall–Kier alpha value is -1.60. The molecule has 1 fully saturated rings. The molecule has 1 saturated heterocycles. The van der Waals surface area contributed by atoms with E-state index in [9.17, 15) is 0 Å². The minimum absolute atomic E-state index is 0.593. The van der Waals surface area contributed by atoms with Gasteiger partial charge in [-0.3, -0.25) is 4.90 Å².